The second kappa shape index (κ2) is 11.2. The Kier molecular flexibility index (Phi) is 8.03. The van der Waals surface area contributed by atoms with Crippen LogP contribution in [-0.2, 0) is 29.0 Å². The molecule has 0 N–H and O–H groups in total. The quantitative estimate of drug-likeness (QED) is 0.436. The molecule has 3 heterocycles. The smallest absolute Gasteiger partial charge is 0.410 e. The lowest BCUT2D eigenvalue weighted by Gasteiger charge is -2.40. The maximum absolute atomic E-state index is 12.9. The number of benzene rings is 1. The summed E-state index contributed by atoms with van der Waals surface area (Å²) in [6.07, 6.45) is -0.282. The van der Waals surface area contributed by atoms with Crippen molar-refractivity contribution in [3.63, 3.8) is 0 Å². The maximum Gasteiger partial charge on any atom is 0.410 e. The van der Waals surface area contributed by atoms with Crippen LogP contribution in [-0.4, -0.2) is 76.3 Å². The Morgan fingerprint density at radius 2 is 1.89 bits per heavy atom. The van der Waals surface area contributed by atoms with Crippen molar-refractivity contribution < 1.29 is 19.1 Å². The van der Waals surface area contributed by atoms with Crippen LogP contribution in [0.5, 0.6) is 0 Å². The fourth-order valence-corrected chi connectivity index (χ4v) is 4.66. The number of ether oxygens (including phenoxy) is 2. The van der Waals surface area contributed by atoms with Crippen molar-refractivity contribution in [2.75, 3.05) is 37.6 Å². The minimum atomic E-state index is -0.592. The summed E-state index contributed by atoms with van der Waals surface area (Å²) >= 11 is 6.29. The lowest BCUT2D eigenvalue weighted by atomic mass is 10.0. The van der Waals surface area contributed by atoms with E-state index in [0.717, 1.165) is 11.1 Å². The van der Waals surface area contributed by atoms with Gasteiger partial charge in [0, 0.05) is 31.7 Å². The molecule has 1 saturated heterocycles. The average Bonchev–Trinajstić information content (AvgIpc) is 2.86. The highest BCUT2D eigenvalue weighted by atomic mass is 35.5. The van der Waals surface area contributed by atoms with Crippen molar-refractivity contribution >= 4 is 29.6 Å². The average molecular weight is 527 g/mol. The normalized spacial score (nSPS) is 17.6. The highest BCUT2D eigenvalue weighted by molar-refractivity contribution is 6.28. The van der Waals surface area contributed by atoms with Crippen LogP contribution >= 0.6 is 11.6 Å². The van der Waals surface area contributed by atoms with E-state index in [-0.39, 0.29) is 31.0 Å². The predicted molar refractivity (Wildman–Crippen MR) is 138 cm³/mol. The van der Waals surface area contributed by atoms with Gasteiger partial charge in [-0.05, 0) is 44.4 Å². The van der Waals surface area contributed by atoms with Gasteiger partial charge in [-0.25, -0.2) is 26.1 Å². The van der Waals surface area contributed by atoms with Gasteiger partial charge in [-0.3, -0.25) is 4.90 Å². The van der Waals surface area contributed by atoms with Crippen molar-refractivity contribution in [2.24, 2.45) is 0 Å². The molecule has 2 aliphatic heterocycles. The number of halogens is 1. The molecule has 2 aliphatic rings. The molecule has 1 aromatic carbocycles. The van der Waals surface area contributed by atoms with Crippen LogP contribution in [0, 0.1) is 6.57 Å². The first kappa shape index (κ1) is 26.5. The largest absolute Gasteiger partial charge is 0.445 e. The molecule has 11 heteroatoms. The topological polar surface area (TPSA) is 92.5 Å². The molecule has 2 amide bonds. The Balaban J connectivity index is 1.47. The van der Waals surface area contributed by atoms with Crippen LogP contribution < -0.4 is 4.90 Å². The number of aromatic nitrogens is 2. The Hall–Kier alpha value is -3.58. The third-order valence-electron chi connectivity index (χ3n) is 6.19. The number of rotatable bonds is 4. The van der Waals surface area contributed by atoms with Crippen LogP contribution in [0.25, 0.3) is 4.85 Å². The molecular weight excluding hydrogens is 496 g/mol. The fraction of sp³-hybridized carbons (Fsp3) is 0.500. The maximum atomic E-state index is 12.9. The molecule has 1 atom stereocenters. The van der Waals surface area contributed by atoms with Gasteiger partial charge in [0.15, 0.2) is 0 Å². The number of carbonyl (C=O) groups is 2. The number of hydrogen-bond acceptors (Lipinski definition) is 7. The van der Waals surface area contributed by atoms with Crippen molar-refractivity contribution in [3.8, 4) is 0 Å². The van der Waals surface area contributed by atoms with E-state index in [9.17, 15) is 9.59 Å². The van der Waals surface area contributed by atoms with Crippen LogP contribution in [0.3, 0.4) is 0 Å². The zero-order valence-electron chi connectivity index (χ0n) is 21.3. The minimum Gasteiger partial charge on any atom is -0.445 e. The van der Waals surface area contributed by atoms with Crippen LogP contribution in [0.2, 0.25) is 5.28 Å². The molecule has 196 valence electrons. The zero-order valence-corrected chi connectivity index (χ0v) is 22.1. The molecule has 0 saturated carbocycles. The molecule has 0 spiro atoms. The van der Waals surface area contributed by atoms with Gasteiger partial charge >= 0.3 is 12.2 Å². The summed E-state index contributed by atoms with van der Waals surface area (Å²) in [6.45, 7) is 15.3. The van der Waals surface area contributed by atoms with Gasteiger partial charge in [0.05, 0.1) is 12.2 Å². The summed E-state index contributed by atoms with van der Waals surface area (Å²) in [6, 6.07) is 9.12. The van der Waals surface area contributed by atoms with Gasteiger partial charge in [0.1, 0.15) is 24.1 Å². The van der Waals surface area contributed by atoms with E-state index in [4.69, 9.17) is 27.6 Å². The Labute approximate surface area is 221 Å². The standard InChI is InChI=1S/C26H31ClN6O4/c1-26(2,3)37-24(34)32-11-10-20-21(16-32)29-23(27)30-22(20)31-12-13-33(19(15-31)14-28-4)25(35)36-17-18-8-6-5-7-9-18/h5-9,19H,10-17H2,1-3H3/t19-/m0/s1. The zero-order chi connectivity index (χ0) is 26.6. The second-order valence-electron chi connectivity index (χ2n) is 10.1. The highest BCUT2D eigenvalue weighted by Crippen LogP contribution is 2.30. The molecule has 0 bridgehead atoms. The van der Waals surface area contributed by atoms with Gasteiger partial charge in [-0.1, -0.05) is 30.3 Å². The molecule has 1 aromatic heterocycles. The summed E-state index contributed by atoms with van der Waals surface area (Å²) in [5, 5.41) is 0.0891. The summed E-state index contributed by atoms with van der Waals surface area (Å²) < 4.78 is 11.0. The number of nitrogens with zero attached hydrogens (tertiary/aromatic N) is 6. The molecule has 0 radical (unpaired) electrons. The molecule has 2 aromatic rings. The van der Waals surface area contributed by atoms with Gasteiger partial charge in [-0.2, -0.15) is 0 Å². The molecule has 4 rings (SSSR count). The number of piperazine rings is 1. The SMILES string of the molecule is [C-]#[N+]C[C@H]1CN(c2nc(Cl)nc3c2CCN(C(=O)OC(C)(C)C)C3)CCN1C(=O)OCc1ccccc1. The van der Waals surface area contributed by atoms with Crippen LogP contribution in [0.4, 0.5) is 15.4 Å². The third-order valence-corrected chi connectivity index (χ3v) is 6.36. The van der Waals surface area contributed by atoms with E-state index in [1.54, 1.807) is 9.80 Å². The summed E-state index contributed by atoms with van der Waals surface area (Å²) in [5.74, 6) is 0.686. The number of anilines is 1. The number of hydrogen-bond donors (Lipinski definition) is 0. The summed E-state index contributed by atoms with van der Waals surface area (Å²) in [4.78, 5) is 43.2. The van der Waals surface area contributed by atoms with Crippen molar-refractivity contribution in [1.82, 2.24) is 19.8 Å². The van der Waals surface area contributed by atoms with E-state index < -0.39 is 17.8 Å². The second-order valence-corrected chi connectivity index (χ2v) is 10.4. The molecule has 0 aliphatic carbocycles. The minimum absolute atomic E-state index is 0.0891. The first-order chi connectivity index (χ1) is 17.6. The number of carbonyl (C=O) groups excluding carboxylic acids is 2. The van der Waals surface area contributed by atoms with E-state index in [2.05, 4.69) is 14.8 Å². The number of amides is 2. The predicted octanol–water partition coefficient (Wildman–Crippen LogP) is 4.17. The highest BCUT2D eigenvalue weighted by Gasteiger charge is 2.36. The lowest BCUT2D eigenvalue weighted by Crippen LogP contribution is -2.57. The molecule has 0 unspecified atom stereocenters. The van der Waals surface area contributed by atoms with E-state index in [1.807, 2.05) is 56.0 Å². The Bertz CT molecular complexity index is 1180. The molecule has 37 heavy (non-hydrogen) atoms. The first-order valence-electron chi connectivity index (χ1n) is 12.2. The van der Waals surface area contributed by atoms with Crippen LogP contribution in [0.1, 0.15) is 37.6 Å². The Morgan fingerprint density at radius 1 is 1.14 bits per heavy atom. The van der Waals surface area contributed by atoms with Crippen molar-refractivity contribution in [1.29, 1.82) is 0 Å². The number of fused-ring (bicyclic) bond motifs is 1. The summed E-state index contributed by atoms with van der Waals surface area (Å²) in [5.41, 5.74) is 1.91. The van der Waals surface area contributed by atoms with E-state index in [1.165, 1.54) is 0 Å². The van der Waals surface area contributed by atoms with Gasteiger partial charge in [-0.15, -0.1) is 0 Å². The third kappa shape index (κ3) is 6.60. The van der Waals surface area contributed by atoms with Crippen LogP contribution in [0.15, 0.2) is 30.3 Å². The molecule has 10 nitrogen and oxygen atoms in total. The first-order valence-corrected chi connectivity index (χ1v) is 12.6. The molecule has 1 fully saturated rings. The fourth-order valence-electron chi connectivity index (χ4n) is 4.48. The van der Waals surface area contributed by atoms with Crippen molar-refractivity contribution in [2.45, 2.75) is 52.0 Å². The van der Waals surface area contributed by atoms with E-state index in [0.29, 0.717) is 44.1 Å². The van der Waals surface area contributed by atoms with Crippen molar-refractivity contribution in [3.05, 3.63) is 63.9 Å². The van der Waals surface area contributed by atoms with Gasteiger partial charge in [0.25, 0.3) is 0 Å². The van der Waals surface area contributed by atoms with E-state index >= 15 is 0 Å². The summed E-state index contributed by atoms with van der Waals surface area (Å²) in [7, 11) is 0. The monoisotopic (exact) mass is 526 g/mol. The lowest BCUT2D eigenvalue weighted by molar-refractivity contribution is 0.0220. The van der Waals surface area contributed by atoms with Gasteiger partial charge < -0.3 is 24.1 Å². The Morgan fingerprint density at radius 3 is 2.59 bits per heavy atom. The van der Waals surface area contributed by atoms with Gasteiger partial charge in [0.2, 0.25) is 11.8 Å². The molecular formula is C26H31ClN6O4.